The maximum absolute atomic E-state index is 12.8. The van der Waals surface area contributed by atoms with Crippen molar-refractivity contribution in [3.8, 4) is 22.9 Å². The van der Waals surface area contributed by atoms with E-state index in [1.807, 2.05) is 91.0 Å². The Morgan fingerprint density at radius 2 is 1.19 bits per heavy atom. The van der Waals surface area contributed by atoms with E-state index in [9.17, 15) is 4.79 Å². The summed E-state index contributed by atoms with van der Waals surface area (Å²) in [5, 5.41) is 15.2. The Balaban J connectivity index is 0.000000252. The zero-order chi connectivity index (χ0) is 49.0. The van der Waals surface area contributed by atoms with Crippen LogP contribution in [0.2, 0.25) is 10.0 Å². The Labute approximate surface area is 414 Å². The number of anilines is 2. The Hall–Kier alpha value is -4.57. The molecule has 7 aromatic rings. The van der Waals surface area contributed by atoms with Crippen LogP contribution in [0.5, 0.6) is 11.5 Å². The van der Waals surface area contributed by atoms with Crippen LogP contribution in [-0.4, -0.2) is 40.8 Å². The summed E-state index contributed by atoms with van der Waals surface area (Å²) in [6, 6.07) is 43.7. The molecule has 7 rings (SSSR count). The van der Waals surface area contributed by atoms with Crippen LogP contribution in [0.4, 0.5) is 11.4 Å². The molecular weight excluding hydrogens is 955 g/mol. The van der Waals surface area contributed by atoms with Crippen molar-refractivity contribution in [2.75, 3.05) is 24.9 Å². The smallest absolute Gasteiger partial charge is 0.300 e. The van der Waals surface area contributed by atoms with E-state index in [4.69, 9.17) is 47.6 Å². The molecule has 0 fully saturated rings. The maximum Gasteiger partial charge on any atom is 0.300 e. The van der Waals surface area contributed by atoms with Gasteiger partial charge in [0.1, 0.15) is 17.3 Å². The number of imidazole rings is 1. The number of carboxylic acid groups (broad SMARTS) is 1. The fourth-order valence-corrected chi connectivity index (χ4v) is 7.27. The standard InChI is InChI=1S/C25H27ClN2O2.C25H25ClN2O.C2H4O2.H6P4/c1-17(2)14-18-8-10-19(11-9-18)25(29)28-24-15-21(30-3)12-13-23(24)27-16-20-6-4-5-7-22(20)26;1-17(2)14-18-8-10-19(11-9-18)25-27-23-15-21(29-3)12-13-24(23)28(25)16-20-6-4-5-7-22(20)26;1-2(3)4;1-4(2)3/h4-13,15,17,27H,14,16H2,1-3H3,(H,28,29);4-13,15,17H,14,16H2,1-3H3;1H3,(H,3,4);1-3H2. The van der Waals surface area contributed by atoms with Crippen molar-refractivity contribution in [2.45, 2.75) is 60.5 Å². The van der Waals surface area contributed by atoms with Crippen LogP contribution in [0.15, 0.2) is 133 Å². The largest absolute Gasteiger partial charge is 0.497 e. The molecule has 1 aromatic heterocycles. The van der Waals surface area contributed by atoms with Gasteiger partial charge in [-0.3, -0.25) is 9.59 Å². The number of aliphatic carboxylic acids is 1. The number of methoxy groups -OCH3 is 2. The van der Waals surface area contributed by atoms with Crippen LogP contribution >= 0.6 is 57.0 Å². The molecule has 3 N–H and O–H groups in total. The highest BCUT2D eigenvalue weighted by Crippen LogP contribution is 2.59. The van der Waals surface area contributed by atoms with Gasteiger partial charge in [-0.25, -0.2) is 4.98 Å². The lowest BCUT2D eigenvalue weighted by Crippen LogP contribution is -2.14. The van der Waals surface area contributed by atoms with Crippen LogP contribution in [0.3, 0.4) is 0 Å². The van der Waals surface area contributed by atoms with Gasteiger partial charge in [0.25, 0.3) is 11.9 Å². The van der Waals surface area contributed by atoms with Crippen molar-refractivity contribution in [3.63, 3.8) is 0 Å². The minimum Gasteiger partial charge on any atom is -0.497 e. The summed E-state index contributed by atoms with van der Waals surface area (Å²) in [6.07, 6.45) is 2.07. The average molecular weight is 1020 g/mol. The number of nitrogens with zero attached hydrogens (tertiary/aromatic N) is 2. The zero-order valence-electron chi connectivity index (χ0n) is 39.1. The third-order valence-corrected chi connectivity index (χ3v) is 10.6. The molecule has 354 valence electrons. The Morgan fingerprint density at radius 1 is 0.701 bits per heavy atom. The molecule has 1 heterocycles. The van der Waals surface area contributed by atoms with Crippen molar-refractivity contribution < 1.29 is 24.2 Å². The summed E-state index contributed by atoms with van der Waals surface area (Å²) in [4.78, 5) is 26.8. The number of halogens is 2. The molecule has 1 amide bonds. The van der Waals surface area contributed by atoms with Crippen molar-refractivity contribution in [3.05, 3.63) is 171 Å². The first-order valence-corrected chi connectivity index (χ1v) is 28.6. The van der Waals surface area contributed by atoms with Gasteiger partial charge in [0.05, 0.1) is 43.2 Å². The number of amides is 1. The van der Waals surface area contributed by atoms with Gasteiger partial charge in [-0.1, -0.05) is 124 Å². The van der Waals surface area contributed by atoms with E-state index in [2.05, 4.69) is 106 Å². The van der Waals surface area contributed by atoms with E-state index in [0.717, 1.165) is 69.8 Å². The van der Waals surface area contributed by atoms with Crippen molar-refractivity contribution >= 4 is 91.3 Å². The highest BCUT2D eigenvalue weighted by molar-refractivity contribution is 8.65. The highest BCUT2D eigenvalue weighted by atomic mass is 35.5. The molecule has 0 aliphatic rings. The number of carbonyl (C=O) groups is 2. The number of rotatable bonds is 14. The Kier molecular flexibility index (Phi) is 23.0. The van der Waals surface area contributed by atoms with Gasteiger partial charge in [-0.2, -0.15) is 0 Å². The van der Waals surface area contributed by atoms with Crippen molar-refractivity contribution in [2.24, 2.45) is 11.8 Å². The first kappa shape index (κ1) is 55.0. The topological polar surface area (TPSA) is 115 Å². The van der Waals surface area contributed by atoms with Gasteiger partial charge in [-0.05, 0) is 102 Å². The van der Waals surface area contributed by atoms with E-state index >= 15 is 0 Å². The van der Waals surface area contributed by atoms with E-state index in [1.54, 1.807) is 20.3 Å². The number of carbonyl (C=O) groups excluding carboxylic acids is 1. The van der Waals surface area contributed by atoms with E-state index < -0.39 is 5.97 Å². The molecule has 67 heavy (non-hydrogen) atoms. The third-order valence-electron chi connectivity index (χ3n) is 9.86. The van der Waals surface area contributed by atoms with E-state index in [0.29, 0.717) is 46.9 Å². The highest BCUT2D eigenvalue weighted by Gasteiger charge is 2.16. The second kappa shape index (κ2) is 28.0. The predicted octanol–water partition coefficient (Wildman–Crippen LogP) is 15.0. The van der Waals surface area contributed by atoms with Gasteiger partial charge in [0, 0.05) is 46.8 Å². The molecule has 15 heteroatoms. The number of nitrogens with one attached hydrogen (secondary N) is 2. The minimum absolute atomic E-state index is 0.130. The van der Waals surface area contributed by atoms with Crippen molar-refractivity contribution in [1.29, 1.82) is 0 Å². The molecule has 6 aromatic carbocycles. The number of carboxylic acids is 1. The average Bonchev–Trinajstić information content (AvgIpc) is 3.64. The molecule has 0 spiro atoms. The molecule has 3 atom stereocenters. The second-order valence-corrected chi connectivity index (χ2v) is 28.8. The Bertz CT molecular complexity index is 2650. The number of hydrogen-bond donors (Lipinski definition) is 3. The van der Waals surface area contributed by atoms with Crippen LogP contribution < -0.4 is 20.1 Å². The summed E-state index contributed by atoms with van der Waals surface area (Å²) in [7, 11) is 11.2. The summed E-state index contributed by atoms with van der Waals surface area (Å²) >= 11 is 12.7. The van der Waals surface area contributed by atoms with E-state index in [-0.39, 0.29) is 12.9 Å². The quantitative estimate of drug-likeness (QED) is 0.0930. The number of hydrogen-bond acceptors (Lipinski definition) is 6. The molecule has 0 radical (unpaired) electrons. The maximum atomic E-state index is 12.8. The lowest BCUT2D eigenvalue weighted by molar-refractivity contribution is -0.134. The summed E-state index contributed by atoms with van der Waals surface area (Å²) < 4.78 is 13.0. The number of ether oxygens (including phenoxy) is 2. The molecular formula is C52H62Cl2N4O5P4. The lowest BCUT2D eigenvalue weighted by Gasteiger charge is -2.15. The molecule has 0 saturated heterocycles. The number of aromatic nitrogens is 2. The lowest BCUT2D eigenvalue weighted by atomic mass is 10.0. The van der Waals surface area contributed by atoms with Crippen LogP contribution in [0.1, 0.15) is 67.2 Å². The number of fused-ring (bicyclic) bond motifs is 1. The molecule has 3 unspecified atom stereocenters. The normalized spacial score (nSPS) is 10.6. The Morgan fingerprint density at radius 3 is 1.72 bits per heavy atom. The van der Waals surface area contributed by atoms with Crippen LogP contribution in [0.25, 0.3) is 22.4 Å². The molecule has 9 nitrogen and oxygen atoms in total. The SMILES string of the molecule is CC(=O)O.COc1ccc(NCc2ccccc2Cl)c(NC(=O)c2ccc(CC(C)C)cc2)c1.COc1ccc2c(c1)nc(-c1ccc(CC(C)C)cc1)n2Cc1ccccc1Cl.PP(P)P. The molecule has 0 saturated carbocycles. The van der Waals surface area contributed by atoms with Gasteiger partial charge >= 0.3 is 0 Å². The molecule has 0 aliphatic carbocycles. The van der Waals surface area contributed by atoms with Crippen LogP contribution in [0, 0.1) is 11.8 Å². The predicted molar refractivity (Wildman–Crippen MR) is 295 cm³/mol. The second-order valence-electron chi connectivity index (χ2n) is 16.3. The number of benzene rings is 6. The fraction of sp³-hybridized carbons (Fsp3) is 0.250. The fourth-order valence-electron chi connectivity index (χ4n) is 6.87. The van der Waals surface area contributed by atoms with Crippen molar-refractivity contribution in [1.82, 2.24) is 9.55 Å². The first-order valence-electron chi connectivity index (χ1n) is 21.6. The van der Waals surface area contributed by atoms with E-state index in [1.165, 1.54) is 11.1 Å². The molecule has 0 aliphatic heterocycles. The summed E-state index contributed by atoms with van der Waals surface area (Å²) in [5.41, 5.74) is 9.75. The van der Waals surface area contributed by atoms with Gasteiger partial charge < -0.3 is 29.8 Å². The van der Waals surface area contributed by atoms with Crippen LogP contribution in [-0.2, 0) is 30.7 Å². The van der Waals surface area contributed by atoms with Gasteiger partial charge in [0.15, 0.2) is 0 Å². The summed E-state index contributed by atoms with van der Waals surface area (Å²) in [5.74, 6) is 2.62. The summed E-state index contributed by atoms with van der Waals surface area (Å²) in [6.45, 7) is 11.3. The minimum atomic E-state index is -0.833. The first-order chi connectivity index (χ1) is 32.0. The monoisotopic (exact) mass is 1020 g/mol. The van der Waals surface area contributed by atoms with Gasteiger partial charge in [-0.15, -0.1) is 26.8 Å². The zero-order valence-corrected chi connectivity index (χ0v) is 45.0. The molecule has 0 bridgehead atoms. The third kappa shape index (κ3) is 18.5. The van der Waals surface area contributed by atoms with Gasteiger partial charge in [0.2, 0.25) is 0 Å².